The monoisotopic (exact) mass is 692 g/mol. The van der Waals surface area contributed by atoms with Gasteiger partial charge in [0, 0.05) is 22.5 Å². The van der Waals surface area contributed by atoms with E-state index in [1.165, 1.54) is 146 Å². The fraction of sp³-hybridized carbons (Fsp3) is 0.412. The summed E-state index contributed by atoms with van der Waals surface area (Å²) in [5, 5.41) is 0. The van der Waals surface area contributed by atoms with Crippen molar-refractivity contribution < 1.29 is 0 Å². The van der Waals surface area contributed by atoms with Crippen LogP contribution in [0.3, 0.4) is 0 Å². The Labute approximate surface area is 317 Å². The van der Waals surface area contributed by atoms with Crippen molar-refractivity contribution in [2.24, 2.45) is 0 Å². The molecule has 274 valence electrons. The molecule has 0 atom stereocenters. The summed E-state index contributed by atoms with van der Waals surface area (Å²) in [6, 6.07) is 41.7. The minimum atomic E-state index is 0. The number of fused-ring (bicyclic) bond motifs is 3. The number of unbranched alkanes of at least 4 members (excludes halogenated alkanes) is 10. The van der Waals surface area contributed by atoms with E-state index in [1.54, 1.807) is 11.1 Å². The Kier molecular flexibility index (Phi) is 14.0. The summed E-state index contributed by atoms with van der Waals surface area (Å²) in [5.41, 5.74) is 16.3. The molecule has 0 bridgehead atoms. The van der Waals surface area contributed by atoms with E-state index in [-0.39, 0.29) is 12.8 Å². The highest BCUT2D eigenvalue weighted by Crippen LogP contribution is 2.55. The van der Waals surface area contributed by atoms with Gasteiger partial charge in [0.1, 0.15) is 0 Å². The fourth-order valence-electron chi connectivity index (χ4n) is 8.50. The van der Waals surface area contributed by atoms with E-state index in [4.69, 9.17) is 0 Å². The Morgan fingerprint density at radius 2 is 0.788 bits per heavy atom. The molecule has 0 radical (unpaired) electrons. The van der Waals surface area contributed by atoms with Crippen LogP contribution in [0, 0.1) is 20.8 Å². The second kappa shape index (κ2) is 18.6. The van der Waals surface area contributed by atoms with Crippen LogP contribution in [-0.4, -0.2) is 0 Å². The number of benzene rings is 5. The number of rotatable bonds is 18. The van der Waals surface area contributed by atoms with E-state index in [2.05, 4.69) is 149 Å². The second-order valence-corrected chi connectivity index (χ2v) is 15.5. The molecule has 0 N–H and O–H groups in total. The third-order valence-electron chi connectivity index (χ3n) is 11.5. The van der Waals surface area contributed by atoms with Gasteiger partial charge in [0.15, 0.2) is 0 Å². The van der Waals surface area contributed by atoms with E-state index in [9.17, 15) is 0 Å². The first-order chi connectivity index (χ1) is 24.9. The quantitative estimate of drug-likeness (QED) is 0.0827. The maximum Gasteiger partial charge on any atom is 0.0462 e. The van der Waals surface area contributed by atoms with E-state index in [0.717, 1.165) is 0 Å². The number of anilines is 3. The molecule has 0 fully saturated rings. The molecule has 0 aliphatic heterocycles. The summed E-state index contributed by atoms with van der Waals surface area (Å²) in [6.45, 7) is 11.2. The number of hydrogen-bond acceptors (Lipinski definition) is 1. The van der Waals surface area contributed by atoms with E-state index in [1.807, 2.05) is 0 Å². The Bertz CT molecular complexity index is 1770. The molecule has 0 spiro atoms. The number of nitrogens with zero attached hydrogens (tertiary/aromatic N) is 1. The molecule has 0 saturated heterocycles. The Balaban J connectivity index is 0.00000523. The van der Waals surface area contributed by atoms with Gasteiger partial charge in [0.2, 0.25) is 0 Å². The first kappa shape index (κ1) is 39.1. The van der Waals surface area contributed by atoms with Gasteiger partial charge in [-0.1, -0.05) is 182 Å². The largest absolute Gasteiger partial charge is 0.311 e. The van der Waals surface area contributed by atoms with Crippen LogP contribution < -0.4 is 4.90 Å². The van der Waals surface area contributed by atoms with Gasteiger partial charge in [0.05, 0.1) is 0 Å². The van der Waals surface area contributed by atoms with Crippen LogP contribution in [-0.2, 0) is 5.41 Å². The summed E-state index contributed by atoms with van der Waals surface area (Å²) in [6.07, 6.45) is 18.6. The predicted molar refractivity (Wildman–Crippen MR) is 230 cm³/mol. The van der Waals surface area contributed by atoms with Crippen LogP contribution in [0.25, 0.3) is 22.3 Å². The van der Waals surface area contributed by atoms with Crippen LogP contribution in [0.4, 0.5) is 17.1 Å². The first-order valence-corrected chi connectivity index (χ1v) is 20.2. The zero-order valence-electron chi connectivity index (χ0n) is 32.2. The number of hydrogen-bond donors (Lipinski definition) is 0. The SMILES string of the molecule is C.CCCCCCCCC1(CCCCCCCC)c2cc(C)ccc2-c2ccc(-c3ccc(N(c4ccc(C)cc4)c4ccc(C)cc4)cc3)cc21. The van der Waals surface area contributed by atoms with Crippen molar-refractivity contribution in [1.29, 1.82) is 0 Å². The van der Waals surface area contributed by atoms with Crippen molar-refractivity contribution in [3.63, 3.8) is 0 Å². The van der Waals surface area contributed by atoms with Crippen molar-refractivity contribution in [1.82, 2.24) is 0 Å². The van der Waals surface area contributed by atoms with Crippen LogP contribution in [0.15, 0.2) is 109 Å². The Morgan fingerprint density at radius 3 is 1.29 bits per heavy atom. The van der Waals surface area contributed by atoms with Crippen molar-refractivity contribution in [2.45, 2.75) is 137 Å². The average molecular weight is 692 g/mol. The van der Waals surface area contributed by atoms with Crippen LogP contribution in [0.5, 0.6) is 0 Å². The predicted octanol–water partition coefficient (Wildman–Crippen LogP) is 16.2. The zero-order chi connectivity index (χ0) is 35.6. The van der Waals surface area contributed by atoms with Crippen molar-refractivity contribution in [3.05, 3.63) is 137 Å². The third kappa shape index (κ3) is 8.91. The van der Waals surface area contributed by atoms with Gasteiger partial charge >= 0.3 is 0 Å². The molecule has 1 nitrogen and oxygen atoms in total. The summed E-state index contributed by atoms with van der Waals surface area (Å²) in [7, 11) is 0. The molecular formula is C51H65N. The Morgan fingerprint density at radius 1 is 0.404 bits per heavy atom. The maximum absolute atomic E-state index is 2.59. The fourth-order valence-corrected chi connectivity index (χ4v) is 8.50. The van der Waals surface area contributed by atoms with Crippen molar-refractivity contribution in [3.8, 4) is 22.3 Å². The lowest BCUT2D eigenvalue weighted by molar-refractivity contribution is 0.398. The molecule has 1 aliphatic rings. The van der Waals surface area contributed by atoms with Gasteiger partial charge in [-0.15, -0.1) is 0 Å². The highest BCUT2D eigenvalue weighted by Gasteiger charge is 2.42. The summed E-state index contributed by atoms with van der Waals surface area (Å²) < 4.78 is 0. The summed E-state index contributed by atoms with van der Waals surface area (Å²) in [4.78, 5) is 2.37. The standard InChI is InChI=1S/C50H61N.CH4/c1-6-8-10-12-14-16-34-50(35-17-15-13-11-9-7-2)48-36-40(5)22-32-46(48)47-33-25-42(37-49(47)50)41-23-30-45(31-24-41)51(43-26-18-38(3)19-27-43)44-28-20-39(4)21-29-44;/h18-33,36-37H,6-17,34-35H2,1-5H3;1H4. The van der Waals surface area contributed by atoms with Gasteiger partial charge in [0.25, 0.3) is 0 Å². The van der Waals surface area contributed by atoms with Crippen molar-refractivity contribution >= 4 is 17.1 Å². The molecule has 0 amide bonds. The van der Waals surface area contributed by atoms with Crippen LogP contribution in [0.2, 0.25) is 0 Å². The van der Waals surface area contributed by atoms with E-state index in [0.29, 0.717) is 0 Å². The molecule has 0 heterocycles. The molecule has 6 rings (SSSR count). The molecule has 0 unspecified atom stereocenters. The van der Waals surface area contributed by atoms with Gasteiger partial charge < -0.3 is 4.90 Å². The molecule has 0 aromatic heterocycles. The van der Waals surface area contributed by atoms with E-state index >= 15 is 0 Å². The minimum Gasteiger partial charge on any atom is -0.311 e. The summed E-state index contributed by atoms with van der Waals surface area (Å²) in [5.74, 6) is 0. The maximum atomic E-state index is 2.59. The Hall–Kier alpha value is -4.10. The minimum absolute atomic E-state index is 0. The highest BCUT2D eigenvalue weighted by atomic mass is 15.1. The van der Waals surface area contributed by atoms with Gasteiger partial charge in [-0.2, -0.15) is 0 Å². The smallest absolute Gasteiger partial charge is 0.0462 e. The first-order valence-electron chi connectivity index (χ1n) is 20.2. The highest BCUT2D eigenvalue weighted by molar-refractivity contribution is 5.85. The second-order valence-electron chi connectivity index (χ2n) is 15.5. The van der Waals surface area contributed by atoms with Gasteiger partial charge in [-0.3, -0.25) is 0 Å². The number of aryl methyl sites for hydroxylation is 3. The van der Waals surface area contributed by atoms with Crippen LogP contribution in [0.1, 0.15) is 139 Å². The lowest BCUT2D eigenvalue weighted by Crippen LogP contribution is -2.25. The molecule has 1 heteroatoms. The lowest BCUT2D eigenvalue weighted by Gasteiger charge is -2.33. The van der Waals surface area contributed by atoms with E-state index < -0.39 is 0 Å². The molecule has 5 aromatic rings. The lowest BCUT2D eigenvalue weighted by atomic mass is 9.70. The van der Waals surface area contributed by atoms with Gasteiger partial charge in [-0.25, -0.2) is 0 Å². The van der Waals surface area contributed by atoms with Crippen molar-refractivity contribution in [2.75, 3.05) is 4.90 Å². The third-order valence-corrected chi connectivity index (χ3v) is 11.5. The normalized spacial score (nSPS) is 12.6. The van der Waals surface area contributed by atoms with Gasteiger partial charge in [-0.05, 0) is 109 Å². The summed E-state index contributed by atoms with van der Waals surface area (Å²) >= 11 is 0. The zero-order valence-corrected chi connectivity index (χ0v) is 32.2. The average Bonchev–Trinajstić information content (AvgIpc) is 3.41. The topological polar surface area (TPSA) is 3.24 Å². The molecule has 52 heavy (non-hydrogen) atoms. The molecule has 0 saturated carbocycles. The molecule has 1 aliphatic carbocycles. The molecule has 5 aromatic carbocycles. The van der Waals surface area contributed by atoms with Crippen LogP contribution >= 0.6 is 0 Å². The molecular weight excluding hydrogens is 627 g/mol.